The highest BCUT2D eigenvalue weighted by Crippen LogP contribution is 1.99. The van der Waals surface area contributed by atoms with Gasteiger partial charge in [-0.05, 0) is 11.5 Å². The highest BCUT2D eigenvalue weighted by atomic mass is 32.2. The van der Waals surface area contributed by atoms with Gasteiger partial charge in [-0.3, -0.25) is 4.21 Å². The first-order valence-electron chi connectivity index (χ1n) is 1.91. The van der Waals surface area contributed by atoms with Crippen molar-refractivity contribution in [3.63, 3.8) is 0 Å². The van der Waals surface area contributed by atoms with Crippen LogP contribution >= 0.6 is 11.5 Å². The third kappa shape index (κ3) is 1.10. The molecule has 0 N–H and O–H groups in total. The van der Waals surface area contributed by atoms with E-state index in [1.807, 2.05) is 0 Å². The molecule has 0 amide bonds. The van der Waals surface area contributed by atoms with Crippen molar-refractivity contribution < 1.29 is 4.21 Å². The zero-order chi connectivity index (χ0) is 5.98. The summed E-state index contributed by atoms with van der Waals surface area (Å²) in [5.74, 6) is 0. The molecule has 0 saturated carbocycles. The Morgan fingerprint density at radius 1 is 1.88 bits per heavy atom. The molecule has 0 spiro atoms. The summed E-state index contributed by atoms with van der Waals surface area (Å²) in [6.45, 7) is 0. The minimum Gasteiger partial charge on any atom is -0.253 e. The van der Waals surface area contributed by atoms with Crippen LogP contribution in [0.4, 0.5) is 0 Å². The standard InChI is InChI=1S/C3H4N2OS2/c1-8(6)3-2-7-5-4-3/h2H,1H3. The largest absolute Gasteiger partial charge is 0.253 e. The normalized spacial score (nSPS) is 13.6. The molecule has 0 saturated heterocycles. The summed E-state index contributed by atoms with van der Waals surface area (Å²) in [5, 5.41) is 5.83. The van der Waals surface area contributed by atoms with Gasteiger partial charge in [0.15, 0.2) is 5.03 Å². The number of rotatable bonds is 1. The van der Waals surface area contributed by atoms with Crippen LogP contribution in [-0.4, -0.2) is 20.1 Å². The molecule has 8 heavy (non-hydrogen) atoms. The molecule has 0 aromatic carbocycles. The highest BCUT2D eigenvalue weighted by Gasteiger charge is 1.96. The Morgan fingerprint density at radius 2 is 2.62 bits per heavy atom. The summed E-state index contributed by atoms with van der Waals surface area (Å²) in [7, 11) is -0.961. The molecule has 0 bridgehead atoms. The van der Waals surface area contributed by atoms with Gasteiger partial charge in [0.2, 0.25) is 0 Å². The topological polar surface area (TPSA) is 42.9 Å². The average molecular weight is 148 g/mol. The third-order valence-electron chi connectivity index (χ3n) is 0.635. The summed E-state index contributed by atoms with van der Waals surface area (Å²) in [6.07, 6.45) is 1.58. The van der Waals surface area contributed by atoms with Gasteiger partial charge in [-0.15, -0.1) is 5.10 Å². The van der Waals surface area contributed by atoms with Crippen LogP contribution in [0.5, 0.6) is 0 Å². The molecule has 0 radical (unpaired) electrons. The van der Waals surface area contributed by atoms with E-state index in [-0.39, 0.29) is 0 Å². The fourth-order valence-electron chi connectivity index (χ4n) is 0.281. The summed E-state index contributed by atoms with van der Waals surface area (Å²) < 4.78 is 14.1. The maximum Gasteiger partial charge on any atom is 0.162 e. The first-order valence-corrected chi connectivity index (χ1v) is 4.30. The Balaban J connectivity index is 2.93. The molecule has 3 nitrogen and oxygen atoms in total. The van der Waals surface area contributed by atoms with Gasteiger partial charge in [-0.2, -0.15) is 0 Å². The van der Waals surface area contributed by atoms with E-state index in [9.17, 15) is 4.21 Å². The van der Waals surface area contributed by atoms with Crippen LogP contribution < -0.4 is 0 Å². The van der Waals surface area contributed by atoms with Crippen molar-refractivity contribution in [3.05, 3.63) is 5.38 Å². The van der Waals surface area contributed by atoms with Crippen LogP contribution in [0, 0.1) is 0 Å². The predicted molar refractivity (Wildman–Crippen MR) is 32.2 cm³/mol. The predicted octanol–water partition coefficient (Wildman–Crippen LogP) is 0.276. The summed E-state index contributed by atoms with van der Waals surface area (Å²) >= 11 is 1.21. The lowest BCUT2D eigenvalue weighted by atomic mass is 11.0. The second-order valence-electron chi connectivity index (χ2n) is 1.20. The lowest BCUT2D eigenvalue weighted by molar-refractivity contribution is 0.683. The van der Waals surface area contributed by atoms with E-state index >= 15 is 0 Å². The Kier molecular flexibility index (Phi) is 1.69. The average Bonchev–Trinajstić information content (AvgIpc) is 2.12. The third-order valence-corrected chi connectivity index (χ3v) is 2.08. The molecule has 0 aliphatic heterocycles. The van der Waals surface area contributed by atoms with Gasteiger partial charge in [-0.1, -0.05) is 4.49 Å². The lowest BCUT2D eigenvalue weighted by Crippen LogP contribution is -1.85. The summed E-state index contributed by atoms with van der Waals surface area (Å²) in [5.41, 5.74) is 0. The van der Waals surface area contributed by atoms with Crippen LogP contribution in [0.1, 0.15) is 0 Å². The molecule has 1 atom stereocenters. The van der Waals surface area contributed by atoms with Crippen molar-refractivity contribution in [1.29, 1.82) is 0 Å². The quantitative estimate of drug-likeness (QED) is 0.574. The Hall–Kier alpha value is -0.290. The number of nitrogens with zero attached hydrogens (tertiary/aromatic N) is 2. The molecular formula is C3H4N2OS2. The van der Waals surface area contributed by atoms with Crippen molar-refractivity contribution in [1.82, 2.24) is 9.59 Å². The van der Waals surface area contributed by atoms with Gasteiger partial charge < -0.3 is 0 Å². The maximum atomic E-state index is 10.5. The number of aromatic nitrogens is 2. The van der Waals surface area contributed by atoms with E-state index in [0.717, 1.165) is 0 Å². The van der Waals surface area contributed by atoms with Crippen molar-refractivity contribution in [3.8, 4) is 0 Å². The number of hydrogen-bond donors (Lipinski definition) is 0. The van der Waals surface area contributed by atoms with E-state index in [2.05, 4.69) is 9.59 Å². The Bertz CT molecular complexity index is 183. The van der Waals surface area contributed by atoms with Crippen molar-refractivity contribution in [2.24, 2.45) is 0 Å². The van der Waals surface area contributed by atoms with E-state index < -0.39 is 10.8 Å². The second-order valence-corrected chi connectivity index (χ2v) is 3.13. The molecule has 1 rings (SSSR count). The fraction of sp³-hybridized carbons (Fsp3) is 0.333. The summed E-state index contributed by atoms with van der Waals surface area (Å²) in [4.78, 5) is 0. The molecule has 1 unspecified atom stereocenters. The van der Waals surface area contributed by atoms with Crippen LogP contribution in [0.2, 0.25) is 0 Å². The maximum absolute atomic E-state index is 10.5. The van der Waals surface area contributed by atoms with Gasteiger partial charge in [0.05, 0.1) is 10.8 Å². The smallest absolute Gasteiger partial charge is 0.162 e. The SMILES string of the molecule is CS(=O)c1csnn1. The van der Waals surface area contributed by atoms with Crippen molar-refractivity contribution >= 4 is 22.3 Å². The zero-order valence-corrected chi connectivity index (χ0v) is 5.83. The van der Waals surface area contributed by atoms with Gasteiger partial charge in [0, 0.05) is 11.6 Å². The van der Waals surface area contributed by atoms with Crippen LogP contribution in [0.15, 0.2) is 10.4 Å². The van der Waals surface area contributed by atoms with Crippen LogP contribution in [0.25, 0.3) is 0 Å². The molecule has 1 aromatic heterocycles. The molecule has 1 aromatic rings. The molecule has 44 valence electrons. The van der Waals surface area contributed by atoms with Crippen LogP contribution in [-0.2, 0) is 10.8 Å². The minimum absolute atomic E-state index is 0.565. The van der Waals surface area contributed by atoms with Gasteiger partial charge in [0.1, 0.15) is 0 Å². The zero-order valence-electron chi connectivity index (χ0n) is 4.20. The first-order chi connectivity index (χ1) is 3.80. The van der Waals surface area contributed by atoms with Gasteiger partial charge in [-0.25, -0.2) is 0 Å². The molecule has 5 heteroatoms. The Morgan fingerprint density at radius 3 is 2.88 bits per heavy atom. The van der Waals surface area contributed by atoms with Crippen LogP contribution in [0.3, 0.4) is 0 Å². The van der Waals surface area contributed by atoms with E-state index in [4.69, 9.17) is 0 Å². The molecule has 0 aliphatic rings. The highest BCUT2D eigenvalue weighted by molar-refractivity contribution is 7.84. The molecule has 1 heterocycles. The van der Waals surface area contributed by atoms with Gasteiger partial charge >= 0.3 is 0 Å². The lowest BCUT2D eigenvalue weighted by Gasteiger charge is -1.78. The molecular weight excluding hydrogens is 144 g/mol. The Labute approximate surface area is 53.4 Å². The number of hydrogen-bond acceptors (Lipinski definition) is 4. The van der Waals surface area contributed by atoms with E-state index in [1.54, 1.807) is 11.6 Å². The minimum atomic E-state index is -0.961. The molecule has 0 fully saturated rings. The monoisotopic (exact) mass is 148 g/mol. The second kappa shape index (κ2) is 2.32. The fourth-order valence-corrected chi connectivity index (χ4v) is 1.48. The summed E-state index contributed by atoms with van der Waals surface area (Å²) in [6, 6.07) is 0. The van der Waals surface area contributed by atoms with Crippen molar-refractivity contribution in [2.45, 2.75) is 5.03 Å². The van der Waals surface area contributed by atoms with E-state index in [1.165, 1.54) is 11.5 Å². The van der Waals surface area contributed by atoms with Gasteiger partial charge in [0.25, 0.3) is 0 Å². The molecule has 0 aliphatic carbocycles. The first kappa shape index (κ1) is 5.84. The van der Waals surface area contributed by atoms with E-state index in [0.29, 0.717) is 5.03 Å². The van der Waals surface area contributed by atoms with Crippen molar-refractivity contribution in [2.75, 3.05) is 6.26 Å².